The number of carbonyl (C=O) groups excluding carboxylic acids is 1. The molecule has 0 aromatic carbocycles. The van der Waals surface area contributed by atoms with Crippen LogP contribution >= 0.6 is 14.7 Å². The van der Waals surface area contributed by atoms with Gasteiger partial charge in [0.25, 0.3) is 0 Å². The minimum absolute atomic E-state index is 0.00926. The highest BCUT2D eigenvalue weighted by Crippen LogP contribution is 2.58. The maximum absolute atomic E-state index is 12.6. The molecule has 1 amide bonds. The topological polar surface area (TPSA) is 43.4 Å². The maximum atomic E-state index is 12.6. The average Bonchev–Trinajstić information content (AvgIpc) is 2.54. The second-order valence-electron chi connectivity index (χ2n) is 3.90. The standard InChI is InChI=1S/C9H15NO2P2S3/c1-4-8(5-2)9(13-15,14-16)7(11)10(6-3)17(8)12/h4-6H2,1-3H3/p+2. The molecule has 8 heteroatoms. The third-order valence-corrected chi connectivity index (χ3v) is 11.9. The van der Waals surface area contributed by atoms with Gasteiger partial charge in [-0.05, 0) is 6.92 Å². The van der Waals surface area contributed by atoms with Crippen molar-refractivity contribution in [1.82, 2.24) is 4.31 Å². The number of carbonyl (C=O) groups is 1. The number of hydrogen-bond acceptors (Lipinski definition) is 4. The summed E-state index contributed by atoms with van der Waals surface area (Å²) in [6.45, 7) is 6.27. The zero-order valence-corrected chi connectivity index (χ0v) is 14.6. The van der Waals surface area contributed by atoms with Crippen molar-refractivity contribution in [3.63, 3.8) is 0 Å². The van der Waals surface area contributed by atoms with Crippen molar-refractivity contribution in [2.24, 2.45) is 0 Å². The maximum Gasteiger partial charge on any atom is 0.419 e. The molecule has 1 aliphatic rings. The van der Waals surface area contributed by atoms with Crippen LogP contribution in [0.25, 0.3) is 0 Å². The number of rotatable bonds is 5. The van der Waals surface area contributed by atoms with Gasteiger partial charge in [0.2, 0.25) is 19.5 Å². The molecule has 1 aliphatic heterocycles. The van der Waals surface area contributed by atoms with E-state index < -0.39 is 21.0 Å². The molecular formula is C9H17NO2P2S3+2. The summed E-state index contributed by atoms with van der Waals surface area (Å²) >= 11 is 9.15. The summed E-state index contributed by atoms with van der Waals surface area (Å²) in [4.78, 5) is 11.7. The van der Waals surface area contributed by atoms with Crippen LogP contribution < -0.4 is 0 Å². The van der Waals surface area contributed by atoms with Crippen LogP contribution in [0.15, 0.2) is 0 Å². The normalized spacial score (nSPS) is 32.6. The van der Waals surface area contributed by atoms with Gasteiger partial charge in [0, 0.05) is 12.8 Å². The van der Waals surface area contributed by atoms with Crippen LogP contribution in [-0.2, 0) is 39.8 Å². The molecule has 0 saturated carbocycles. The fourth-order valence-electron chi connectivity index (χ4n) is 2.38. The van der Waals surface area contributed by atoms with E-state index in [-0.39, 0.29) is 20.6 Å². The molecule has 3 atom stereocenters. The lowest BCUT2D eigenvalue weighted by molar-refractivity contribution is -0.125. The van der Waals surface area contributed by atoms with Crippen molar-refractivity contribution in [2.75, 3.05) is 6.54 Å². The van der Waals surface area contributed by atoms with E-state index in [0.29, 0.717) is 19.4 Å². The predicted molar refractivity (Wildman–Crippen MR) is 82.9 cm³/mol. The summed E-state index contributed by atoms with van der Waals surface area (Å²) in [6, 6.07) is 0. The minimum Gasteiger partial charge on any atom is -0.592 e. The average molecular weight is 329 g/mol. The van der Waals surface area contributed by atoms with Crippen LogP contribution in [0, 0.1) is 0 Å². The van der Waals surface area contributed by atoms with Crippen LogP contribution in [-0.4, -0.2) is 31.0 Å². The van der Waals surface area contributed by atoms with Gasteiger partial charge in [-0.3, -0.25) is 4.79 Å². The zero-order chi connectivity index (χ0) is 13.3. The zero-order valence-electron chi connectivity index (χ0n) is 10.1. The van der Waals surface area contributed by atoms with Gasteiger partial charge in [0.05, 0.1) is 17.9 Å². The van der Waals surface area contributed by atoms with Crippen molar-refractivity contribution in [2.45, 2.75) is 43.3 Å². The second kappa shape index (κ2) is 5.85. The second-order valence-corrected chi connectivity index (χ2v) is 9.26. The van der Waals surface area contributed by atoms with Crippen LogP contribution in [0.3, 0.4) is 0 Å². The molecular weight excluding hydrogens is 312 g/mol. The van der Waals surface area contributed by atoms with Crippen LogP contribution in [0.1, 0.15) is 33.6 Å². The molecule has 17 heavy (non-hydrogen) atoms. The van der Waals surface area contributed by atoms with E-state index in [9.17, 15) is 9.35 Å². The highest BCUT2D eigenvalue weighted by Gasteiger charge is 2.81. The molecule has 0 N–H and O–H groups in total. The van der Waals surface area contributed by atoms with Gasteiger partial charge in [0.15, 0.2) is 23.6 Å². The van der Waals surface area contributed by atoms with Gasteiger partial charge in [0.1, 0.15) is 0 Å². The lowest BCUT2D eigenvalue weighted by atomic mass is 9.96. The van der Waals surface area contributed by atoms with Gasteiger partial charge in [-0.15, -0.1) is 0 Å². The fourth-order valence-corrected chi connectivity index (χ4v) is 10.4. The highest BCUT2D eigenvalue weighted by atomic mass is 32.4. The van der Waals surface area contributed by atoms with Gasteiger partial charge >= 0.3 is 10.8 Å². The van der Waals surface area contributed by atoms with Crippen molar-refractivity contribution < 1.29 is 9.35 Å². The van der Waals surface area contributed by atoms with E-state index in [1.165, 1.54) is 4.31 Å². The molecule has 1 fully saturated rings. The Kier molecular flexibility index (Phi) is 5.47. The largest absolute Gasteiger partial charge is 0.592 e. The van der Waals surface area contributed by atoms with Crippen molar-refractivity contribution in [1.29, 1.82) is 0 Å². The summed E-state index contributed by atoms with van der Waals surface area (Å²) in [5.74, 6) is -0.0799. The van der Waals surface area contributed by atoms with Crippen LogP contribution in [0.5, 0.6) is 0 Å². The van der Waals surface area contributed by atoms with Crippen molar-refractivity contribution in [3.05, 3.63) is 0 Å². The SMILES string of the molecule is CCN1C(=O)C([PH+]=S)([PH+]=S)C(CC)(CC)[S+]1[O-]. The first kappa shape index (κ1) is 15.9. The summed E-state index contributed by atoms with van der Waals surface area (Å²) < 4.78 is 13.5. The van der Waals surface area contributed by atoms with Crippen LogP contribution in [0.4, 0.5) is 0 Å². The summed E-state index contributed by atoms with van der Waals surface area (Å²) in [5, 5.41) is 0. The molecule has 0 aromatic heterocycles. The first-order valence-electron chi connectivity index (χ1n) is 5.53. The smallest absolute Gasteiger partial charge is 0.419 e. The van der Waals surface area contributed by atoms with Crippen molar-refractivity contribution in [3.8, 4) is 0 Å². The number of hydrogen-bond donors (Lipinski definition) is 0. The molecule has 0 radical (unpaired) electrons. The molecule has 3 nitrogen and oxygen atoms in total. The predicted octanol–water partition coefficient (Wildman–Crippen LogP) is 2.05. The Morgan fingerprint density at radius 2 is 1.76 bits per heavy atom. The Morgan fingerprint density at radius 3 is 2.00 bits per heavy atom. The lowest BCUT2D eigenvalue weighted by Crippen LogP contribution is -2.48. The van der Waals surface area contributed by atoms with Crippen molar-refractivity contribution >= 4 is 55.6 Å². The summed E-state index contributed by atoms with van der Waals surface area (Å²) in [7, 11) is 0.0185. The van der Waals surface area contributed by atoms with Gasteiger partial charge < -0.3 is 4.55 Å². The molecule has 96 valence electrons. The molecule has 0 spiro atoms. The molecule has 1 saturated heterocycles. The highest BCUT2D eigenvalue weighted by molar-refractivity contribution is 8.08. The lowest BCUT2D eigenvalue weighted by Gasteiger charge is -2.27. The number of nitrogens with zero attached hydrogens (tertiary/aromatic N) is 1. The Morgan fingerprint density at radius 1 is 1.29 bits per heavy atom. The minimum atomic E-state index is -1.29. The van der Waals surface area contributed by atoms with E-state index in [0.717, 1.165) is 0 Å². The van der Waals surface area contributed by atoms with E-state index >= 15 is 0 Å². The Balaban J connectivity index is 3.47. The third kappa shape index (κ3) is 1.92. The summed E-state index contributed by atoms with van der Waals surface area (Å²) in [6.07, 6.45) is 1.37. The Labute approximate surface area is 119 Å². The molecule has 1 rings (SSSR count). The van der Waals surface area contributed by atoms with E-state index in [1.54, 1.807) is 0 Å². The molecule has 1 heterocycles. The Hall–Kier alpha value is 0.820. The molecule has 0 aromatic rings. The molecule has 0 aliphatic carbocycles. The van der Waals surface area contributed by atoms with Gasteiger partial charge in [-0.1, -0.05) is 13.8 Å². The van der Waals surface area contributed by atoms with Crippen LogP contribution in [0.2, 0.25) is 0 Å². The van der Waals surface area contributed by atoms with E-state index in [1.807, 2.05) is 20.8 Å². The first-order valence-corrected chi connectivity index (χ1v) is 10.9. The van der Waals surface area contributed by atoms with E-state index in [4.69, 9.17) is 23.6 Å². The fraction of sp³-hybridized carbons (Fsp3) is 0.889. The molecule has 3 unspecified atom stereocenters. The Bertz CT molecular complexity index is 341. The molecule has 0 bridgehead atoms. The van der Waals surface area contributed by atoms with Gasteiger partial charge in [-0.25, -0.2) is 0 Å². The quantitative estimate of drug-likeness (QED) is 0.572. The van der Waals surface area contributed by atoms with E-state index in [2.05, 4.69) is 0 Å². The first-order chi connectivity index (χ1) is 8.01. The number of amides is 1. The third-order valence-electron chi connectivity index (χ3n) is 3.50. The van der Waals surface area contributed by atoms with Gasteiger partial charge in [-0.2, -0.15) is 4.31 Å². The monoisotopic (exact) mass is 329 g/mol. The summed E-state index contributed by atoms with van der Waals surface area (Å²) in [5.41, 5.74) is 0.